The number of hydrogen-bond donors (Lipinski definition) is 1. The van der Waals surface area contributed by atoms with E-state index >= 15 is 0 Å². The molecule has 3 nitrogen and oxygen atoms in total. The van der Waals surface area contributed by atoms with Gasteiger partial charge in [0.15, 0.2) is 0 Å². The molecule has 1 aromatic carbocycles. The molecule has 1 heterocycles. The third kappa shape index (κ3) is 1.42. The summed E-state index contributed by atoms with van der Waals surface area (Å²) in [5, 5.41) is 12.3. The van der Waals surface area contributed by atoms with Crippen LogP contribution in [0.3, 0.4) is 0 Å². The normalized spacial score (nSPS) is 13.0. The molecule has 0 bridgehead atoms. The molecule has 71 valence electrons. The Labute approximate surface area is 82.2 Å². The first-order valence-electron chi connectivity index (χ1n) is 4.49. The second-order valence-electron chi connectivity index (χ2n) is 3.30. The first-order chi connectivity index (χ1) is 6.68. The van der Waals surface area contributed by atoms with E-state index in [2.05, 4.69) is 4.98 Å². The molecule has 1 atom stereocenters. The second-order valence-corrected chi connectivity index (χ2v) is 3.30. The van der Waals surface area contributed by atoms with Gasteiger partial charge in [-0.2, -0.15) is 0 Å². The number of nitrogen functional groups attached to an aromatic ring is 1. The summed E-state index contributed by atoms with van der Waals surface area (Å²) in [4.78, 5) is 4.16. The third-order valence-electron chi connectivity index (χ3n) is 2.21. The molecule has 0 spiro atoms. The van der Waals surface area contributed by atoms with Crippen molar-refractivity contribution in [2.24, 2.45) is 0 Å². The van der Waals surface area contributed by atoms with E-state index in [9.17, 15) is 5.11 Å². The van der Waals surface area contributed by atoms with Crippen LogP contribution in [0.2, 0.25) is 0 Å². The fourth-order valence-corrected chi connectivity index (χ4v) is 1.56. The topological polar surface area (TPSA) is 58.8 Å². The number of hydrogen-bond acceptors (Lipinski definition) is 2. The molecule has 1 unspecified atom stereocenters. The van der Waals surface area contributed by atoms with E-state index < -0.39 is 6.10 Å². The van der Waals surface area contributed by atoms with Gasteiger partial charge in [0.25, 0.3) is 0 Å². The fourth-order valence-electron chi connectivity index (χ4n) is 1.56. The second kappa shape index (κ2) is 3.27. The molecule has 14 heavy (non-hydrogen) atoms. The van der Waals surface area contributed by atoms with Gasteiger partial charge >= 0.3 is 0 Å². The Morgan fingerprint density at radius 2 is 2.07 bits per heavy atom. The molecule has 0 aliphatic rings. The number of pyridine rings is 1. The first kappa shape index (κ1) is 8.97. The summed E-state index contributed by atoms with van der Waals surface area (Å²) in [5.41, 5.74) is 7.11. The van der Waals surface area contributed by atoms with E-state index in [0.29, 0.717) is 11.4 Å². The highest BCUT2D eigenvalue weighted by atomic mass is 16.3. The van der Waals surface area contributed by atoms with Crippen LogP contribution in [0.1, 0.15) is 18.6 Å². The molecule has 2 N–H and O–H groups in total. The summed E-state index contributed by atoms with van der Waals surface area (Å²) in [7, 11) is 0. The van der Waals surface area contributed by atoms with Gasteiger partial charge in [-0.05, 0) is 24.6 Å². The van der Waals surface area contributed by atoms with Crippen molar-refractivity contribution in [2.75, 3.05) is 5.73 Å². The largest absolute Gasteiger partial charge is 0.384 e. The maximum Gasteiger partial charge on any atom is 0.124 e. The zero-order valence-corrected chi connectivity index (χ0v) is 7.90. The quantitative estimate of drug-likeness (QED) is 0.744. The Balaban J connectivity index is 2.80. The lowest BCUT2D eigenvalue weighted by Gasteiger charge is -2.07. The van der Waals surface area contributed by atoms with Crippen LogP contribution < -0.4 is 5.73 Å². The summed E-state index contributed by atoms with van der Waals surface area (Å²) in [6.45, 7) is 1.61. The fraction of sp³-hybridized carbons (Fsp3) is 0.182. The number of nitrogens with zero attached hydrogens (tertiary/aromatic N) is 1. The first-order valence-corrected chi connectivity index (χ1v) is 4.49. The summed E-state index contributed by atoms with van der Waals surface area (Å²) < 4.78 is 0. The minimum Gasteiger partial charge on any atom is -0.384 e. The average molecular weight is 187 g/mol. The molecular formula is C11H11N2O. The number of nitrogens with two attached hydrogens (primary N) is 1. The Morgan fingerprint density at radius 1 is 1.36 bits per heavy atom. The maximum absolute atomic E-state index is 11.4. The molecule has 0 amide bonds. The standard InChI is InChI=1S/C11H11N2O/c1-7(14)9-6-11(12)13-10-5-3-2-4-8(9)10/h2-7H,1H3,(H2,12,13). The number of aromatic nitrogens is 1. The number of para-hydroxylation sites is 1. The van der Waals surface area contributed by atoms with Gasteiger partial charge in [-0.3, -0.25) is 0 Å². The van der Waals surface area contributed by atoms with E-state index in [-0.39, 0.29) is 0 Å². The van der Waals surface area contributed by atoms with Gasteiger partial charge < -0.3 is 5.73 Å². The highest BCUT2D eigenvalue weighted by Crippen LogP contribution is 2.24. The van der Waals surface area contributed by atoms with Crippen molar-refractivity contribution in [3.05, 3.63) is 35.9 Å². The summed E-state index contributed by atoms with van der Waals surface area (Å²) in [6, 6.07) is 9.18. The maximum atomic E-state index is 11.4. The Morgan fingerprint density at radius 3 is 2.79 bits per heavy atom. The number of rotatable bonds is 1. The van der Waals surface area contributed by atoms with Gasteiger partial charge in [-0.25, -0.2) is 10.1 Å². The zero-order valence-electron chi connectivity index (χ0n) is 7.90. The molecule has 1 aromatic heterocycles. The highest BCUT2D eigenvalue weighted by Gasteiger charge is 2.09. The number of benzene rings is 1. The predicted molar refractivity (Wildman–Crippen MR) is 55.3 cm³/mol. The van der Waals surface area contributed by atoms with Gasteiger partial charge in [0.2, 0.25) is 0 Å². The molecule has 0 aliphatic heterocycles. The van der Waals surface area contributed by atoms with Crippen LogP contribution in [-0.2, 0) is 5.11 Å². The Hall–Kier alpha value is -1.61. The highest BCUT2D eigenvalue weighted by molar-refractivity contribution is 5.84. The van der Waals surface area contributed by atoms with Crippen molar-refractivity contribution in [1.82, 2.24) is 4.98 Å². The van der Waals surface area contributed by atoms with E-state index in [1.54, 1.807) is 13.0 Å². The van der Waals surface area contributed by atoms with Crippen molar-refractivity contribution < 1.29 is 5.11 Å². The SMILES string of the molecule is CC([O])c1cc(N)nc2ccccc12. The number of anilines is 1. The van der Waals surface area contributed by atoms with Gasteiger partial charge in [0.05, 0.1) is 5.52 Å². The molecule has 3 heteroatoms. The van der Waals surface area contributed by atoms with Crippen molar-refractivity contribution >= 4 is 16.7 Å². The van der Waals surface area contributed by atoms with Crippen molar-refractivity contribution in [2.45, 2.75) is 13.0 Å². The minimum atomic E-state index is -0.773. The monoisotopic (exact) mass is 187 g/mol. The molecule has 0 fully saturated rings. The minimum absolute atomic E-state index is 0.404. The van der Waals surface area contributed by atoms with Crippen LogP contribution >= 0.6 is 0 Å². The molecule has 0 saturated heterocycles. The lowest BCUT2D eigenvalue weighted by Crippen LogP contribution is -1.97. The summed E-state index contributed by atoms with van der Waals surface area (Å²) in [5.74, 6) is 0.404. The van der Waals surface area contributed by atoms with Gasteiger partial charge in [0.1, 0.15) is 11.9 Å². The van der Waals surface area contributed by atoms with Crippen LogP contribution in [-0.4, -0.2) is 4.98 Å². The Bertz CT molecular complexity index is 466. The van der Waals surface area contributed by atoms with Crippen LogP contribution in [0.15, 0.2) is 30.3 Å². The molecule has 1 radical (unpaired) electrons. The average Bonchev–Trinajstić information content (AvgIpc) is 2.16. The van der Waals surface area contributed by atoms with Gasteiger partial charge in [-0.1, -0.05) is 18.2 Å². The van der Waals surface area contributed by atoms with E-state index in [1.807, 2.05) is 24.3 Å². The molecule has 0 aliphatic carbocycles. The van der Waals surface area contributed by atoms with E-state index in [0.717, 1.165) is 10.9 Å². The van der Waals surface area contributed by atoms with E-state index in [1.165, 1.54) is 0 Å². The van der Waals surface area contributed by atoms with Gasteiger partial charge in [-0.15, -0.1) is 0 Å². The lowest BCUT2D eigenvalue weighted by molar-refractivity contribution is 0.107. The Kier molecular flexibility index (Phi) is 2.09. The smallest absolute Gasteiger partial charge is 0.124 e. The van der Waals surface area contributed by atoms with Crippen LogP contribution in [0.4, 0.5) is 5.82 Å². The lowest BCUT2D eigenvalue weighted by atomic mass is 10.1. The van der Waals surface area contributed by atoms with Crippen molar-refractivity contribution in [1.29, 1.82) is 0 Å². The molecule has 2 rings (SSSR count). The van der Waals surface area contributed by atoms with Crippen LogP contribution in [0, 0.1) is 0 Å². The van der Waals surface area contributed by atoms with Gasteiger partial charge in [0, 0.05) is 5.39 Å². The molecular weight excluding hydrogens is 176 g/mol. The zero-order chi connectivity index (χ0) is 10.1. The van der Waals surface area contributed by atoms with Crippen LogP contribution in [0.5, 0.6) is 0 Å². The third-order valence-corrected chi connectivity index (χ3v) is 2.21. The van der Waals surface area contributed by atoms with Crippen molar-refractivity contribution in [3.63, 3.8) is 0 Å². The molecule has 2 aromatic rings. The summed E-state index contributed by atoms with van der Waals surface area (Å²) >= 11 is 0. The molecule has 0 saturated carbocycles. The predicted octanol–water partition coefficient (Wildman–Crippen LogP) is 2.31. The summed E-state index contributed by atoms with van der Waals surface area (Å²) in [6.07, 6.45) is -0.773. The number of fused-ring (bicyclic) bond motifs is 1. The van der Waals surface area contributed by atoms with Crippen molar-refractivity contribution in [3.8, 4) is 0 Å². The van der Waals surface area contributed by atoms with E-state index in [4.69, 9.17) is 5.73 Å². The van der Waals surface area contributed by atoms with Crippen LogP contribution in [0.25, 0.3) is 10.9 Å².